The van der Waals surface area contributed by atoms with Gasteiger partial charge in [0.05, 0.1) is 30.6 Å². The highest BCUT2D eigenvalue weighted by Gasteiger charge is 2.77. The van der Waals surface area contributed by atoms with Crippen molar-refractivity contribution in [2.45, 2.75) is 115 Å². The minimum Gasteiger partial charge on any atom is -0.394 e. The number of halogens is 1. The SMILES string of the molecule is C=CCN(CCC)C(=O)[C@H]1[C@H]2C(=O)N([C@@H](CO)CC(C)C)C(C(=O)N(CC=C)C(C)(C)CC(C)(C)C)C23CC(Br)[C@@H]1O3. The molecule has 1 spiro atoms. The maximum absolute atomic E-state index is 15.0. The van der Waals surface area contributed by atoms with Crippen LogP contribution in [-0.4, -0.2) is 97.9 Å². The van der Waals surface area contributed by atoms with E-state index in [9.17, 15) is 19.5 Å². The van der Waals surface area contributed by atoms with Gasteiger partial charge in [0.25, 0.3) is 0 Å². The second-order valence-corrected chi connectivity index (χ2v) is 15.9. The first kappa shape index (κ1) is 34.8. The third-order valence-electron chi connectivity index (χ3n) is 9.02. The van der Waals surface area contributed by atoms with Gasteiger partial charge in [-0.3, -0.25) is 14.4 Å². The van der Waals surface area contributed by atoms with Crippen molar-refractivity contribution in [1.29, 1.82) is 0 Å². The Morgan fingerprint density at radius 3 is 2.29 bits per heavy atom. The van der Waals surface area contributed by atoms with Crippen LogP contribution in [0.4, 0.5) is 0 Å². The third kappa shape index (κ3) is 6.39. The lowest BCUT2D eigenvalue weighted by atomic mass is 9.70. The van der Waals surface area contributed by atoms with Gasteiger partial charge in [0, 0.05) is 30.0 Å². The average molecular weight is 653 g/mol. The van der Waals surface area contributed by atoms with E-state index in [0.717, 1.165) is 12.8 Å². The van der Waals surface area contributed by atoms with Crippen LogP contribution in [0.3, 0.4) is 0 Å². The number of alkyl halides is 1. The van der Waals surface area contributed by atoms with Crippen LogP contribution in [0.15, 0.2) is 25.3 Å². The second kappa shape index (κ2) is 13.1. The summed E-state index contributed by atoms with van der Waals surface area (Å²) in [6.07, 6.45) is 5.36. The predicted molar refractivity (Wildman–Crippen MR) is 170 cm³/mol. The molecule has 7 atom stereocenters. The zero-order chi connectivity index (χ0) is 31.8. The number of aliphatic hydroxyl groups excluding tert-OH is 1. The highest BCUT2D eigenvalue weighted by atomic mass is 79.9. The fourth-order valence-corrected chi connectivity index (χ4v) is 9.02. The van der Waals surface area contributed by atoms with Gasteiger partial charge in [-0.25, -0.2) is 0 Å². The highest BCUT2D eigenvalue weighted by Crippen LogP contribution is 2.61. The number of fused-ring (bicyclic) bond motifs is 1. The van der Waals surface area contributed by atoms with Crippen LogP contribution in [-0.2, 0) is 19.1 Å². The summed E-state index contributed by atoms with van der Waals surface area (Å²) >= 11 is 3.78. The first-order chi connectivity index (χ1) is 19.5. The van der Waals surface area contributed by atoms with Crippen molar-refractivity contribution < 1.29 is 24.2 Å². The van der Waals surface area contributed by atoms with Crippen LogP contribution >= 0.6 is 15.9 Å². The first-order valence-corrected chi connectivity index (χ1v) is 16.5. The van der Waals surface area contributed by atoms with E-state index in [0.29, 0.717) is 32.5 Å². The van der Waals surface area contributed by atoms with Crippen LogP contribution < -0.4 is 0 Å². The number of carbonyl (C=O) groups is 3. The standard InChI is InChI=1S/C33H54BrN3O5/c1-11-14-35(15-12-2)28(39)24-25-29(40)37(22(19-38)17-21(4)5)27(33(25)18-23(34)26(24)42-33)30(41)36(16-13-3)32(9,10)20-31(6,7)8/h11,13,21-27,38H,1,3,12,14-20H2,2,4-10H3/t22-,23?,24+,25+,26+,27?,33?/m1/s1. The summed E-state index contributed by atoms with van der Waals surface area (Å²) in [5.74, 6) is -1.98. The van der Waals surface area contributed by atoms with Gasteiger partial charge in [-0.05, 0) is 50.9 Å². The Kier molecular flexibility index (Phi) is 10.9. The topological polar surface area (TPSA) is 90.4 Å². The molecule has 3 unspecified atom stereocenters. The maximum Gasteiger partial charge on any atom is 0.249 e. The van der Waals surface area contributed by atoms with Crippen LogP contribution in [0.5, 0.6) is 0 Å². The molecule has 3 amide bonds. The van der Waals surface area contributed by atoms with Gasteiger partial charge in [0.1, 0.15) is 11.6 Å². The molecule has 3 aliphatic rings. The molecule has 3 aliphatic heterocycles. The number of rotatable bonds is 14. The lowest BCUT2D eigenvalue weighted by Crippen LogP contribution is -2.62. The Labute approximate surface area is 262 Å². The van der Waals surface area contributed by atoms with Crippen molar-refractivity contribution in [2.24, 2.45) is 23.2 Å². The zero-order valence-electron chi connectivity index (χ0n) is 27.1. The largest absolute Gasteiger partial charge is 0.394 e. The summed E-state index contributed by atoms with van der Waals surface area (Å²) in [6.45, 7) is 25.4. The van der Waals surface area contributed by atoms with Gasteiger partial charge in [-0.1, -0.05) is 69.6 Å². The van der Waals surface area contributed by atoms with E-state index < -0.39 is 41.2 Å². The van der Waals surface area contributed by atoms with E-state index >= 15 is 0 Å². The molecule has 8 nitrogen and oxygen atoms in total. The summed E-state index contributed by atoms with van der Waals surface area (Å²) in [7, 11) is 0. The van der Waals surface area contributed by atoms with Crippen molar-refractivity contribution in [3.05, 3.63) is 25.3 Å². The van der Waals surface area contributed by atoms with E-state index in [1.165, 1.54) is 0 Å². The Morgan fingerprint density at radius 1 is 1.17 bits per heavy atom. The van der Waals surface area contributed by atoms with E-state index in [-0.39, 0.29) is 40.5 Å². The summed E-state index contributed by atoms with van der Waals surface area (Å²) < 4.78 is 6.77. The van der Waals surface area contributed by atoms with Gasteiger partial charge in [-0.15, -0.1) is 13.2 Å². The zero-order valence-corrected chi connectivity index (χ0v) is 28.7. The number of nitrogens with zero attached hydrogens (tertiary/aromatic N) is 3. The lowest BCUT2D eigenvalue weighted by molar-refractivity contribution is -0.156. The number of amides is 3. The molecule has 3 rings (SSSR count). The molecule has 3 fully saturated rings. The predicted octanol–water partition coefficient (Wildman–Crippen LogP) is 4.80. The molecule has 0 aliphatic carbocycles. The minimum atomic E-state index is -1.18. The second-order valence-electron chi connectivity index (χ2n) is 14.7. The van der Waals surface area contributed by atoms with E-state index in [2.05, 4.69) is 63.7 Å². The fourth-order valence-electron chi connectivity index (χ4n) is 8.08. The average Bonchev–Trinajstić information content (AvgIpc) is 3.46. The van der Waals surface area contributed by atoms with E-state index in [4.69, 9.17) is 4.74 Å². The van der Waals surface area contributed by atoms with Crippen LogP contribution in [0, 0.1) is 23.2 Å². The lowest BCUT2D eigenvalue weighted by Gasteiger charge is -2.46. The maximum atomic E-state index is 15.0. The molecule has 0 aromatic rings. The van der Waals surface area contributed by atoms with Crippen molar-refractivity contribution in [3.63, 3.8) is 0 Å². The molecule has 1 N–H and O–H groups in total. The molecule has 3 heterocycles. The summed E-state index contributed by atoms with van der Waals surface area (Å²) in [5, 5.41) is 10.6. The molecule has 0 aromatic heterocycles. The molecule has 0 radical (unpaired) electrons. The Morgan fingerprint density at radius 2 is 1.79 bits per heavy atom. The van der Waals surface area contributed by atoms with E-state index in [1.807, 2.05) is 25.7 Å². The van der Waals surface area contributed by atoms with Crippen molar-refractivity contribution in [1.82, 2.24) is 14.7 Å². The Bertz CT molecular complexity index is 1040. The summed E-state index contributed by atoms with van der Waals surface area (Å²) in [4.78, 5) is 48.7. The van der Waals surface area contributed by atoms with Crippen LogP contribution in [0.25, 0.3) is 0 Å². The first-order valence-electron chi connectivity index (χ1n) is 15.6. The molecule has 3 saturated heterocycles. The highest BCUT2D eigenvalue weighted by molar-refractivity contribution is 9.09. The van der Waals surface area contributed by atoms with Crippen molar-refractivity contribution in [2.75, 3.05) is 26.2 Å². The quantitative estimate of drug-likeness (QED) is 0.215. The molecular weight excluding hydrogens is 598 g/mol. The molecule has 2 bridgehead atoms. The van der Waals surface area contributed by atoms with Crippen LogP contribution in [0.1, 0.15) is 81.1 Å². The Balaban J connectivity index is 2.20. The van der Waals surface area contributed by atoms with Crippen molar-refractivity contribution in [3.8, 4) is 0 Å². The van der Waals surface area contributed by atoms with Gasteiger partial charge < -0.3 is 24.5 Å². The number of carbonyl (C=O) groups excluding carboxylic acids is 3. The number of aliphatic hydroxyl groups is 1. The Hall–Kier alpha value is -1.71. The monoisotopic (exact) mass is 651 g/mol. The van der Waals surface area contributed by atoms with E-state index in [1.54, 1.807) is 22.0 Å². The summed E-state index contributed by atoms with van der Waals surface area (Å²) in [5.41, 5.74) is -1.79. The van der Waals surface area contributed by atoms with Crippen molar-refractivity contribution >= 4 is 33.7 Å². The number of ether oxygens (including phenoxy) is 1. The van der Waals surface area contributed by atoms with Gasteiger partial charge in [0.15, 0.2) is 0 Å². The molecule has 0 saturated carbocycles. The van der Waals surface area contributed by atoms with Crippen LogP contribution in [0.2, 0.25) is 0 Å². The number of likely N-dealkylation sites (tertiary alicyclic amines) is 1. The normalized spacial score (nSPS) is 29.5. The number of hydrogen-bond acceptors (Lipinski definition) is 5. The molecule has 238 valence electrons. The molecule has 42 heavy (non-hydrogen) atoms. The summed E-state index contributed by atoms with van der Waals surface area (Å²) in [6, 6.07) is -1.54. The molecular formula is C33H54BrN3O5. The molecule has 0 aromatic carbocycles. The van der Waals surface area contributed by atoms with Gasteiger partial charge in [0.2, 0.25) is 17.7 Å². The third-order valence-corrected chi connectivity index (χ3v) is 9.86. The minimum absolute atomic E-state index is 0.0604. The fraction of sp³-hybridized carbons (Fsp3) is 0.788. The number of hydrogen-bond donors (Lipinski definition) is 1. The smallest absolute Gasteiger partial charge is 0.249 e. The van der Waals surface area contributed by atoms with Gasteiger partial charge >= 0.3 is 0 Å². The van der Waals surface area contributed by atoms with Gasteiger partial charge in [-0.2, -0.15) is 0 Å². The molecule has 9 heteroatoms.